The molecule has 0 bridgehead atoms. The van der Waals surface area contributed by atoms with Crippen molar-refractivity contribution in [2.45, 2.75) is 19.2 Å². The van der Waals surface area contributed by atoms with Crippen LogP contribution in [0.25, 0.3) is 0 Å². The standard InChI is InChI=1S/C10H8ClF3INO3/c1-2-18-9(17)6-4-16-8(19-10(12,13)14)7(15)5(6)3-11/h4H,2-3H2,1H3. The van der Waals surface area contributed by atoms with E-state index in [2.05, 4.69) is 9.72 Å². The first-order valence-electron chi connectivity index (χ1n) is 4.96. The number of nitrogens with zero attached hydrogens (tertiary/aromatic N) is 1. The number of aromatic nitrogens is 1. The van der Waals surface area contributed by atoms with Gasteiger partial charge in [0.25, 0.3) is 0 Å². The van der Waals surface area contributed by atoms with Gasteiger partial charge in [-0.05, 0) is 29.5 Å². The number of esters is 1. The van der Waals surface area contributed by atoms with Crippen molar-refractivity contribution in [1.82, 2.24) is 4.98 Å². The number of carbonyl (C=O) groups excluding carboxylic acids is 1. The molecule has 0 unspecified atom stereocenters. The number of ether oxygens (including phenoxy) is 2. The third kappa shape index (κ3) is 4.37. The summed E-state index contributed by atoms with van der Waals surface area (Å²) in [5.41, 5.74) is 0.214. The maximum absolute atomic E-state index is 12.1. The lowest BCUT2D eigenvalue weighted by atomic mass is 10.1. The molecule has 0 saturated carbocycles. The van der Waals surface area contributed by atoms with E-state index in [-0.39, 0.29) is 27.2 Å². The van der Waals surface area contributed by atoms with Crippen LogP contribution >= 0.6 is 34.2 Å². The highest BCUT2D eigenvalue weighted by Gasteiger charge is 2.33. The largest absolute Gasteiger partial charge is 0.574 e. The number of pyridine rings is 1. The number of halogens is 5. The molecular formula is C10H8ClF3INO3. The number of hydrogen-bond donors (Lipinski definition) is 0. The second-order valence-corrected chi connectivity index (χ2v) is 4.52. The van der Waals surface area contributed by atoms with Crippen LogP contribution in [-0.2, 0) is 10.6 Å². The summed E-state index contributed by atoms with van der Waals surface area (Å²) < 4.78 is 45.0. The Labute approximate surface area is 125 Å². The fraction of sp³-hybridized carbons (Fsp3) is 0.400. The van der Waals surface area contributed by atoms with Crippen molar-refractivity contribution in [3.05, 3.63) is 20.9 Å². The van der Waals surface area contributed by atoms with Gasteiger partial charge < -0.3 is 9.47 Å². The lowest BCUT2D eigenvalue weighted by molar-refractivity contribution is -0.276. The van der Waals surface area contributed by atoms with E-state index in [1.54, 1.807) is 29.5 Å². The van der Waals surface area contributed by atoms with E-state index in [9.17, 15) is 18.0 Å². The number of hydrogen-bond acceptors (Lipinski definition) is 4. The molecule has 1 aromatic heterocycles. The highest BCUT2D eigenvalue weighted by molar-refractivity contribution is 14.1. The number of rotatable bonds is 4. The molecule has 0 atom stereocenters. The van der Waals surface area contributed by atoms with Crippen molar-refractivity contribution in [2.24, 2.45) is 0 Å². The van der Waals surface area contributed by atoms with Gasteiger partial charge in [-0.2, -0.15) is 0 Å². The molecular weight excluding hydrogens is 401 g/mol. The Balaban J connectivity index is 3.19. The number of alkyl halides is 4. The Morgan fingerprint density at radius 3 is 2.63 bits per heavy atom. The van der Waals surface area contributed by atoms with Gasteiger partial charge in [0.15, 0.2) is 0 Å². The summed E-state index contributed by atoms with van der Waals surface area (Å²) in [6.45, 7) is 1.75. The topological polar surface area (TPSA) is 48.4 Å². The second kappa shape index (κ2) is 6.60. The minimum atomic E-state index is -4.86. The van der Waals surface area contributed by atoms with Crippen LogP contribution in [0.15, 0.2) is 6.20 Å². The number of carbonyl (C=O) groups is 1. The van der Waals surface area contributed by atoms with Gasteiger partial charge in [-0.1, -0.05) is 0 Å². The normalized spacial score (nSPS) is 11.3. The predicted octanol–water partition coefficient (Wildman–Crippen LogP) is 3.50. The van der Waals surface area contributed by atoms with Gasteiger partial charge in [0, 0.05) is 17.6 Å². The molecule has 1 heterocycles. The van der Waals surface area contributed by atoms with Crippen LogP contribution in [0.1, 0.15) is 22.8 Å². The fourth-order valence-electron chi connectivity index (χ4n) is 1.20. The first-order valence-corrected chi connectivity index (χ1v) is 6.57. The van der Waals surface area contributed by atoms with Crippen LogP contribution < -0.4 is 4.74 Å². The maximum Gasteiger partial charge on any atom is 0.574 e. The van der Waals surface area contributed by atoms with Crippen LogP contribution in [0, 0.1) is 3.57 Å². The molecule has 106 valence electrons. The molecule has 4 nitrogen and oxygen atoms in total. The SMILES string of the molecule is CCOC(=O)c1cnc(OC(F)(F)F)c(I)c1CCl. The van der Waals surface area contributed by atoms with Crippen LogP contribution in [0.4, 0.5) is 13.2 Å². The van der Waals surface area contributed by atoms with Gasteiger partial charge in [0.2, 0.25) is 5.88 Å². The van der Waals surface area contributed by atoms with Gasteiger partial charge in [0.1, 0.15) is 0 Å². The zero-order valence-electron chi connectivity index (χ0n) is 9.55. The molecule has 0 fully saturated rings. The summed E-state index contributed by atoms with van der Waals surface area (Å²) in [6.07, 6.45) is -3.90. The van der Waals surface area contributed by atoms with Crippen LogP contribution in [0.3, 0.4) is 0 Å². The van der Waals surface area contributed by atoms with Gasteiger partial charge >= 0.3 is 12.3 Å². The summed E-state index contributed by atoms with van der Waals surface area (Å²) in [6, 6.07) is 0. The molecule has 0 N–H and O–H groups in total. The molecule has 1 rings (SSSR count). The van der Waals surface area contributed by atoms with Crippen LogP contribution in [0.2, 0.25) is 0 Å². The lowest BCUT2D eigenvalue weighted by Gasteiger charge is -2.13. The zero-order chi connectivity index (χ0) is 14.6. The second-order valence-electron chi connectivity index (χ2n) is 3.17. The molecule has 0 aliphatic rings. The summed E-state index contributed by atoms with van der Waals surface area (Å²) in [5.74, 6) is -1.50. The quantitative estimate of drug-likeness (QED) is 0.434. The summed E-state index contributed by atoms with van der Waals surface area (Å²) >= 11 is 7.24. The van der Waals surface area contributed by atoms with E-state index in [0.717, 1.165) is 6.20 Å². The fourth-order valence-corrected chi connectivity index (χ4v) is 2.43. The third-order valence-corrected chi connectivity index (χ3v) is 3.31. The van der Waals surface area contributed by atoms with E-state index in [1.807, 2.05) is 0 Å². The molecule has 0 amide bonds. The molecule has 0 spiro atoms. The smallest absolute Gasteiger partial charge is 0.462 e. The Morgan fingerprint density at radius 1 is 1.53 bits per heavy atom. The van der Waals surface area contributed by atoms with E-state index in [4.69, 9.17) is 16.3 Å². The molecule has 19 heavy (non-hydrogen) atoms. The van der Waals surface area contributed by atoms with Crippen LogP contribution in [-0.4, -0.2) is 23.9 Å². The average molecular weight is 410 g/mol. The Morgan fingerprint density at radius 2 is 2.16 bits per heavy atom. The van der Waals surface area contributed by atoms with E-state index < -0.39 is 18.2 Å². The zero-order valence-corrected chi connectivity index (χ0v) is 12.5. The van der Waals surface area contributed by atoms with Crippen molar-refractivity contribution in [3.63, 3.8) is 0 Å². The van der Waals surface area contributed by atoms with E-state index >= 15 is 0 Å². The highest BCUT2D eigenvalue weighted by atomic mass is 127. The van der Waals surface area contributed by atoms with Crippen molar-refractivity contribution in [3.8, 4) is 5.88 Å². The maximum atomic E-state index is 12.1. The van der Waals surface area contributed by atoms with Gasteiger partial charge in [-0.15, -0.1) is 24.8 Å². The Hall–Kier alpha value is -0.770. The summed E-state index contributed by atoms with van der Waals surface area (Å²) in [5, 5.41) is 0. The van der Waals surface area contributed by atoms with E-state index in [0.29, 0.717) is 0 Å². The first kappa shape index (κ1) is 16.3. The van der Waals surface area contributed by atoms with Gasteiger partial charge in [-0.25, -0.2) is 9.78 Å². The van der Waals surface area contributed by atoms with Gasteiger partial charge in [0.05, 0.1) is 15.7 Å². The average Bonchev–Trinajstić information content (AvgIpc) is 2.30. The summed E-state index contributed by atoms with van der Waals surface area (Å²) in [4.78, 5) is 15.1. The highest BCUT2D eigenvalue weighted by Crippen LogP contribution is 2.30. The minimum absolute atomic E-state index is 0.0236. The van der Waals surface area contributed by atoms with Crippen molar-refractivity contribution >= 4 is 40.2 Å². The predicted molar refractivity (Wildman–Crippen MR) is 69.2 cm³/mol. The van der Waals surface area contributed by atoms with Gasteiger partial charge in [-0.3, -0.25) is 0 Å². The van der Waals surface area contributed by atoms with Crippen molar-refractivity contribution < 1.29 is 27.4 Å². The lowest BCUT2D eigenvalue weighted by Crippen LogP contribution is -2.20. The molecule has 0 saturated heterocycles. The molecule has 1 aromatic rings. The Bertz CT molecular complexity index is 482. The van der Waals surface area contributed by atoms with Crippen molar-refractivity contribution in [2.75, 3.05) is 6.61 Å². The van der Waals surface area contributed by atoms with Crippen LogP contribution in [0.5, 0.6) is 5.88 Å². The first-order chi connectivity index (χ1) is 8.80. The minimum Gasteiger partial charge on any atom is -0.462 e. The molecule has 0 radical (unpaired) electrons. The summed E-state index contributed by atoms with van der Waals surface area (Å²) in [7, 11) is 0. The molecule has 0 aliphatic heterocycles. The molecule has 0 aromatic carbocycles. The Kier molecular flexibility index (Phi) is 5.65. The monoisotopic (exact) mass is 409 g/mol. The van der Waals surface area contributed by atoms with Crippen molar-refractivity contribution in [1.29, 1.82) is 0 Å². The molecule has 0 aliphatic carbocycles. The molecule has 9 heteroatoms. The third-order valence-electron chi connectivity index (χ3n) is 1.93. The van der Waals surface area contributed by atoms with E-state index in [1.165, 1.54) is 0 Å².